The van der Waals surface area contributed by atoms with E-state index in [0.29, 0.717) is 6.04 Å². The molecule has 3 heteroatoms. The van der Waals surface area contributed by atoms with E-state index in [-0.39, 0.29) is 0 Å². The second kappa shape index (κ2) is 3.39. The number of rotatable bonds is 3. The van der Waals surface area contributed by atoms with Crippen LogP contribution in [0.15, 0.2) is 0 Å². The highest BCUT2D eigenvalue weighted by atomic mass is 15.1. The Labute approximate surface area is 85.5 Å². The molecule has 1 N–H and O–H groups in total. The summed E-state index contributed by atoms with van der Waals surface area (Å²) in [4.78, 5) is 4.66. The monoisotopic (exact) mass is 193 g/mol. The Hall–Kier alpha value is -0.830. The van der Waals surface area contributed by atoms with Gasteiger partial charge in [0.15, 0.2) is 0 Å². The van der Waals surface area contributed by atoms with Crippen molar-refractivity contribution in [2.24, 2.45) is 7.05 Å². The fourth-order valence-electron chi connectivity index (χ4n) is 2.12. The number of hydrogen-bond donors (Lipinski definition) is 1. The summed E-state index contributed by atoms with van der Waals surface area (Å²) in [5, 5.41) is 3.27. The number of nitrogens with one attached hydrogen (secondary N) is 1. The van der Waals surface area contributed by atoms with Gasteiger partial charge in [0.1, 0.15) is 5.82 Å². The Bertz CT molecular complexity index is 337. The molecule has 0 aliphatic heterocycles. The maximum Gasteiger partial charge on any atom is 0.112 e. The van der Waals surface area contributed by atoms with Gasteiger partial charge in [0.2, 0.25) is 0 Å². The van der Waals surface area contributed by atoms with Gasteiger partial charge in [0.05, 0.1) is 11.4 Å². The lowest BCUT2D eigenvalue weighted by atomic mass is 10.2. The van der Waals surface area contributed by atoms with E-state index in [4.69, 9.17) is 0 Å². The second-order valence-electron chi connectivity index (χ2n) is 4.28. The van der Waals surface area contributed by atoms with E-state index < -0.39 is 0 Å². The number of aromatic nitrogens is 2. The topological polar surface area (TPSA) is 29.9 Å². The number of hydrogen-bond acceptors (Lipinski definition) is 2. The van der Waals surface area contributed by atoms with E-state index in [1.165, 1.54) is 30.1 Å². The largest absolute Gasteiger partial charge is 0.333 e. The molecule has 0 radical (unpaired) electrons. The third-order valence-corrected chi connectivity index (χ3v) is 3.14. The Morgan fingerprint density at radius 2 is 2.14 bits per heavy atom. The highest BCUT2D eigenvalue weighted by Crippen LogP contribution is 2.40. The molecule has 3 nitrogen and oxygen atoms in total. The maximum absolute atomic E-state index is 4.66. The molecule has 1 aliphatic rings. The summed E-state index contributed by atoms with van der Waals surface area (Å²) >= 11 is 0. The first-order valence-electron chi connectivity index (χ1n) is 5.35. The quantitative estimate of drug-likeness (QED) is 0.794. The molecule has 0 bridgehead atoms. The Morgan fingerprint density at radius 1 is 1.50 bits per heavy atom. The van der Waals surface area contributed by atoms with Gasteiger partial charge in [-0.15, -0.1) is 0 Å². The molecule has 0 aromatic carbocycles. The van der Waals surface area contributed by atoms with Gasteiger partial charge in [-0.3, -0.25) is 0 Å². The Morgan fingerprint density at radius 3 is 2.64 bits per heavy atom. The van der Waals surface area contributed by atoms with Crippen LogP contribution in [-0.2, 0) is 7.05 Å². The van der Waals surface area contributed by atoms with Gasteiger partial charge in [-0.1, -0.05) is 0 Å². The average molecular weight is 193 g/mol. The van der Waals surface area contributed by atoms with Crippen molar-refractivity contribution in [3.63, 3.8) is 0 Å². The van der Waals surface area contributed by atoms with Crippen molar-refractivity contribution in [2.45, 2.75) is 38.6 Å². The van der Waals surface area contributed by atoms with Gasteiger partial charge < -0.3 is 9.88 Å². The minimum atomic E-state index is 0.389. The minimum Gasteiger partial charge on any atom is -0.333 e. The Kier molecular flexibility index (Phi) is 2.35. The van der Waals surface area contributed by atoms with Crippen LogP contribution >= 0.6 is 0 Å². The molecule has 78 valence electrons. The molecule has 14 heavy (non-hydrogen) atoms. The van der Waals surface area contributed by atoms with Crippen LogP contribution < -0.4 is 5.32 Å². The van der Waals surface area contributed by atoms with Crippen LogP contribution in [0.2, 0.25) is 0 Å². The zero-order valence-corrected chi connectivity index (χ0v) is 9.46. The van der Waals surface area contributed by atoms with Crippen LogP contribution in [0.5, 0.6) is 0 Å². The molecule has 0 spiro atoms. The van der Waals surface area contributed by atoms with Crippen molar-refractivity contribution in [3.8, 4) is 0 Å². The predicted octanol–water partition coefficient (Wildman–Crippen LogP) is 1.89. The maximum atomic E-state index is 4.66. The van der Waals surface area contributed by atoms with Crippen LogP contribution in [0.25, 0.3) is 0 Å². The first-order valence-corrected chi connectivity index (χ1v) is 5.35. The summed E-state index contributed by atoms with van der Waals surface area (Å²) in [5.74, 6) is 2.01. The van der Waals surface area contributed by atoms with Gasteiger partial charge in [0, 0.05) is 19.0 Å². The normalized spacial score (nSPS) is 18.6. The molecular weight excluding hydrogens is 174 g/mol. The van der Waals surface area contributed by atoms with Crippen LogP contribution in [0.4, 0.5) is 0 Å². The number of nitrogens with zero attached hydrogens (tertiary/aromatic N) is 2. The number of aryl methyl sites for hydroxylation is 1. The molecule has 1 fully saturated rings. The van der Waals surface area contributed by atoms with E-state index in [1.54, 1.807) is 0 Å². The summed E-state index contributed by atoms with van der Waals surface area (Å²) < 4.78 is 2.27. The first kappa shape index (κ1) is 9.71. The standard InChI is InChI=1S/C11H19N3/c1-7(12-3)10-8(2)13-11(14(10)4)9-5-6-9/h7,9,12H,5-6H2,1-4H3. The van der Waals surface area contributed by atoms with Gasteiger partial charge in [-0.2, -0.15) is 0 Å². The zero-order valence-electron chi connectivity index (χ0n) is 9.46. The van der Waals surface area contributed by atoms with Gasteiger partial charge in [-0.25, -0.2) is 4.98 Å². The van der Waals surface area contributed by atoms with E-state index in [9.17, 15) is 0 Å². The molecule has 1 unspecified atom stereocenters. The summed E-state index contributed by atoms with van der Waals surface area (Å²) in [6.07, 6.45) is 2.63. The summed E-state index contributed by atoms with van der Waals surface area (Å²) in [6.45, 7) is 4.29. The molecule has 1 atom stereocenters. The highest BCUT2D eigenvalue weighted by Gasteiger charge is 2.30. The predicted molar refractivity (Wildman–Crippen MR) is 57.4 cm³/mol. The average Bonchev–Trinajstić information content (AvgIpc) is 2.93. The Balaban J connectivity index is 2.38. The molecule has 1 aromatic rings. The van der Waals surface area contributed by atoms with Crippen molar-refractivity contribution in [1.82, 2.24) is 14.9 Å². The lowest BCUT2D eigenvalue weighted by molar-refractivity contribution is 0.593. The van der Waals surface area contributed by atoms with Crippen molar-refractivity contribution >= 4 is 0 Å². The molecule has 1 saturated carbocycles. The minimum absolute atomic E-state index is 0.389. The molecular formula is C11H19N3. The molecule has 1 aliphatic carbocycles. The summed E-state index contributed by atoms with van der Waals surface area (Å²) in [6, 6.07) is 0.389. The highest BCUT2D eigenvalue weighted by molar-refractivity contribution is 5.22. The molecule has 0 saturated heterocycles. The lowest BCUT2D eigenvalue weighted by Gasteiger charge is -2.13. The van der Waals surface area contributed by atoms with E-state index >= 15 is 0 Å². The van der Waals surface area contributed by atoms with E-state index in [2.05, 4.69) is 35.8 Å². The molecule has 2 rings (SSSR count). The van der Waals surface area contributed by atoms with Gasteiger partial charge in [0.25, 0.3) is 0 Å². The SMILES string of the molecule is CNC(C)c1c(C)nc(C2CC2)n1C. The number of imidazole rings is 1. The molecule has 1 aromatic heterocycles. The van der Waals surface area contributed by atoms with Gasteiger partial charge in [-0.05, 0) is 33.7 Å². The van der Waals surface area contributed by atoms with Crippen LogP contribution in [0.3, 0.4) is 0 Å². The molecule has 1 heterocycles. The third kappa shape index (κ3) is 1.46. The van der Waals surface area contributed by atoms with Crippen molar-refractivity contribution in [2.75, 3.05) is 7.05 Å². The van der Waals surface area contributed by atoms with E-state index in [1.807, 2.05) is 7.05 Å². The van der Waals surface area contributed by atoms with Crippen LogP contribution in [0.1, 0.15) is 48.9 Å². The third-order valence-electron chi connectivity index (χ3n) is 3.14. The lowest BCUT2D eigenvalue weighted by Crippen LogP contribution is -2.17. The summed E-state index contributed by atoms with van der Waals surface area (Å²) in [5.41, 5.74) is 2.51. The smallest absolute Gasteiger partial charge is 0.112 e. The zero-order chi connectivity index (χ0) is 10.3. The first-order chi connectivity index (χ1) is 6.65. The fourth-order valence-corrected chi connectivity index (χ4v) is 2.12. The van der Waals surface area contributed by atoms with Crippen LogP contribution in [0, 0.1) is 6.92 Å². The van der Waals surface area contributed by atoms with Crippen molar-refractivity contribution in [3.05, 3.63) is 17.2 Å². The van der Waals surface area contributed by atoms with Gasteiger partial charge >= 0.3 is 0 Å². The van der Waals surface area contributed by atoms with Crippen LogP contribution in [-0.4, -0.2) is 16.6 Å². The summed E-state index contributed by atoms with van der Waals surface area (Å²) in [7, 11) is 4.13. The second-order valence-corrected chi connectivity index (χ2v) is 4.28. The van der Waals surface area contributed by atoms with E-state index in [0.717, 1.165) is 5.92 Å². The fraction of sp³-hybridized carbons (Fsp3) is 0.727. The van der Waals surface area contributed by atoms with Crippen molar-refractivity contribution in [1.29, 1.82) is 0 Å². The molecule has 0 amide bonds. The van der Waals surface area contributed by atoms with Crippen molar-refractivity contribution < 1.29 is 0 Å².